The Morgan fingerprint density at radius 2 is 2.06 bits per heavy atom. The average Bonchev–Trinajstić information content (AvgIpc) is 2.78. The van der Waals surface area contributed by atoms with Crippen LogP contribution >= 0.6 is 38.5 Å². The Labute approximate surface area is 209 Å². The maximum Gasteiger partial charge on any atom is 0.282 e. The van der Waals surface area contributed by atoms with Crippen molar-refractivity contribution in [2.75, 3.05) is 13.2 Å². The molecule has 0 radical (unpaired) electrons. The molecule has 0 unspecified atom stereocenters. The Balaban J connectivity index is 2.12. The fourth-order valence-electron chi connectivity index (χ4n) is 3.11. The highest BCUT2D eigenvalue weighted by atomic mass is 127. The van der Waals surface area contributed by atoms with E-state index >= 15 is 0 Å². The summed E-state index contributed by atoms with van der Waals surface area (Å²) < 4.78 is 14.6. The van der Waals surface area contributed by atoms with Gasteiger partial charge in [0.25, 0.3) is 5.56 Å². The molecule has 3 rings (SSSR count). The van der Waals surface area contributed by atoms with Gasteiger partial charge >= 0.3 is 0 Å². The molecular weight excluding hydrogens is 585 g/mol. The molecule has 0 saturated carbocycles. The van der Waals surface area contributed by atoms with E-state index in [4.69, 9.17) is 14.5 Å². The lowest BCUT2D eigenvalue weighted by Gasteiger charge is -2.15. The van der Waals surface area contributed by atoms with E-state index in [0.29, 0.717) is 41.4 Å². The molecule has 0 amide bonds. The quantitative estimate of drug-likeness (QED) is 0.166. The van der Waals surface area contributed by atoms with E-state index in [1.807, 2.05) is 38.1 Å². The third kappa shape index (κ3) is 5.40. The Morgan fingerprint density at radius 1 is 1.28 bits per heavy atom. The van der Waals surface area contributed by atoms with Crippen molar-refractivity contribution in [3.63, 3.8) is 0 Å². The van der Waals surface area contributed by atoms with Crippen LogP contribution in [0.3, 0.4) is 0 Å². The molecule has 168 valence electrons. The summed E-state index contributed by atoms with van der Waals surface area (Å²) in [7, 11) is 0. The molecule has 32 heavy (non-hydrogen) atoms. The molecule has 0 N–H and O–H groups in total. The van der Waals surface area contributed by atoms with E-state index in [-0.39, 0.29) is 11.5 Å². The topological polar surface area (TPSA) is 65.7 Å². The van der Waals surface area contributed by atoms with E-state index in [1.165, 1.54) is 4.68 Å². The molecule has 3 aromatic rings. The van der Waals surface area contributed by atoms with Gasteiger partial charge in [-0.05, 0) is 71.8 Å². The van der Waals surface area contributed by atoms with Gasteiger partial charge in [0.15, 0.2) is 11.5 Å². The monoisotopic (exact) mass is 609 g/mol. The average molecular weight is 610 g/mol. The second-order valence-electron chi connectivity index (χ2n) is 7.16. The van der Waals surface area contributed by atoms with Gasteiger partial charge in [-0.15, -0.1) is 0 Å². The molecule has 1 atom stereocenters. The van der Waals surface area contributed by atoms with Crippen molar-refractivity contribution in [1.29, 1.82) is 0 Å². The minimum atomic E-state index is -0.200. The van der Waals surface area contributed by atoms with Crippen LogP contribution in [0.2, 0.25) is 0 Å². The number of ether oxygens (including phenoxy) is 2. The highest BCUT2D eigenvalue weighted by Gasteiger charge is 2.16. The van der Waals surface area contributed by atoms with Crippen molar-refractivity contribution >= 4 is 55.6 Å². The second kappa shape index (κ2) is 11.1. The van der Waals surface area contributed by atoms with Crippen LogP contribution in [-0.2, 0) is 0 Å². The van der Waals surface area contributed by atoms with Crippen LogP contribution in [0.4, 0.5) is 0 Å². The van der Waals surface area contributed by atoms with Gasteiger partial charge in [-0.25, -0.2) is 4.98 Å². The third-order valence-electron chi connectivity index (χ3n) is 4.89. The van der Waals surface area contributed by atoms with Crippen molar-refractivity contribution in [3.05, 3.63) is 72.8 Å². The number of hydrogen-bond donors (Lipinski definition) is 0. The van der Waals surface area contributed by atoms with Crippen molar-refractivity contribution in [2.45, 2.75) is 33.1 Å². The van der Waals surface area contributed by atoms with Crippen LogP contribution in [0.5, 0.6) is 11.5 Å². The van der Waals surface area contributed by atoms with Crippen LogP contribution in [0.25, 0.3) is 10.9 Å². The van der Waals surface area contributed by atoms with E-state index < -0.39 is 0 Å². The van der Waals surface area contributed by atoms with Crippen molar-refractivity contribution in [3.8, 4) is 11.5 Å². The van der Waals surface area contributed by atoms with Crippen molar-refractivity contribution in [2.24, 2.45) is 5.10 Å². The normalized spacial score (nSPS) is 12.3. The summed E-state index contributed by atoms with van der Waals surface area (Å²) in [5, 5.41) is 5.06. The highest BCUT2D eigenvalue weighted by molar-refractivity contribution is 14.1. The van der Waals surface area contributed by atoms with Gasteiger partial charge in [-0.3, -0.25) is 4.79 Å². The molecule has 1 aromatic heterocycles. The van der Waals surface area contributed by atoms with E-state index in [0.717, 1.165) is 20.0 Å². The molecule has 0 aliphatic carbocycles. The number of halogens is 2. The highest BCUT2D eigenvalue weighted by Crippen LogP contribution is 2.34. The summed E-state index contributed by atoms with van der Waals surface area (Å²) in [6, 6.07) is 9.30. The van der Waals surface area contributed by atoms with E-state index in [1.54, 1.807) is 18.4 Å². The van der Waals surface area contributed by atoms with Crippen molar-refractivity contribution in [1.82, 2.24) is 9.66 Å². The first-order valence-corrected chi connectivity index (χ1v) is 12.2. The zero-order valence-corrected chi connectivity index (χ0v) is 22.0. The summed E-state index contributed by atoms with van der Waals surface area (Å²) >= 11 is 5.64. The van der Waals surface area contributed by atoms with E-state index in [2.05, 4.69) is 57.1 Å². The van der Waals surface area contributed by atoms with Crippen LogP contribution in [0, 0.1) is 3.57 Å². The summed E-state index contributed by atoms with van der Waals surface area (Å²) in [6.45, 7) is 10.6. The SMILES string of the molecule is C=CCOc1c(I)cc(C=Nn2c([C@H](C)CC)nc3ccc(Br)cc3c2=O)cc1OCC. The van der Waals surface area contributed by atoms with Gasteiger partial charge in [0.05, 0.1) is 27.3 Å². The van der Waals surface area contributed by atoms with E-state index in [9.17, 15) is 4.79 Å². The molecule has 8 heteroatoms. The number of aromatic nitrogens is 2. The van der Waals surface area contributed by atoms with Crippen LogP contribution in [0.1, 0.15) is 44.5 Å². The molecule has 1 heterocycles. The minimum absolute atomic E-state index is 0.0710. The molecule has 0 aliphatic rings. The lowest BCUT2D eigenvalue weighted by atomic mass is 10.1. The third-order valence-corrected chi connectivity index (χ3v) is 6.18. The maximum atomic E-state index is 13.3. The number of rotatable bonds is 9. The zero-order valence-electron chi connectivity index (χ0n) is 18.3. The van der Waals surface area contributed by atoms with Gasteiger partial charge in [-0.1, -0.05) is 42.4 Å². The number of nitrogens with zero attached hydrogens (tertiary/aromatic N) is 3. The van der Waals surface area contributed by atoms with Gasteiger partial charge in [0.2, 0.25) is 0 Å². The lowest BCUT2D eigenvalue weighted by molar-refractivity contribution is 0.295. The zero-order chi connectivity index (χ0) is 23.3. The van der Waals surface area contributed by atoms with Gasteiger partial charge < -0.3 is 9.47 Å². The predicted octanol–water partition coefficient (Wildman–Crippen LogP) is 6.12. The largest absolute Gasteiger partial charge is 0.490 e. The molecule has 6 nitrogen and oxygen atoms in total. The van der Waals surface area contributed by atoms with Crippen LogP contribution in [-0.4, -0.2) is 29.1 Å². The van der Waals surface area contributed by atoms with Crippen molar-refractivity contribution < 1.29 is 9.47 Å². The molecule has 0 spiro atoms. The summed E-state index contributed by atoms with van der Waals surface area (Å²) in [5.74, 6) is 1.99. The van der Waals surface area contributed by atoms with Gasteiger partial charge in [0.1, 0.15) is 12.4 Å². The van der Waals surface area contributed by atoms with Gasteiger partial charge in [0, 0.05) is 10.4 Å². The first-order chi connectivity index (χ1) is 15.4. The Morgan fingerprint density at radius 3 is 2.75 bits per heavy atom. The molecule has 0 fully saturated rings. The Bertz CT molecular complexity index is 1220. The van der Waals surface area contributed by atoms with Crippen LogP contribution < -0.4 is 15.0 Å². The Hall–Kier alpha value is -2.20. The number of benzene rings is 2. The minimum Gasteiger partial charge on any atom is -0.490 e. The summed E-state index contributed by atoms with van der Waals surface area (Å²) in [4.78, 5) is 18.0. The smallest absolute Gasteiger partial charge is 0.282 e. The summed E-state index contributed by atoms with van der Waals surface area (Å²) in [5.41, 5.74) is 1.26. The lowest BCUT2D eigenvalue weighted by Crippen LogP contribution is -2.23. The fraction of sp³-hybridized carbons (Fsp3) is 0.292. The molecule has 0 saturated heterocycles. The number of fused-ring (bicyclic) bond motifs is 1. The predicted molar refractivity (Wildman–Crippen MR) is 141 cm³/mol. The van der Waals surface area contributed by atoms with Crippen LogP contribution in [0.15, 0.2) is 57.4 Å². The maximum absolute atomic E-state index is 13.3. The first-order valence-electron chi connectivity index (χ1n) is 10.4. The molecular formula is C24H25BrIN3O3. The molecule has 0 aliphatic heterocycles. The standard InChI is InChI=1S/C24H25BrIN3O3/c1-5-10-32-22-19(26)11-16(12-21(22)31-7-3)14-27-29-23(15(4)6-2)28-20-9-8-17(25)13-18(20)24(29)30/h5,8-9,11-15H,1,6-7,10H2,2-4H3/t15-/m1/s1. The second-order valence-corrected chi connectivity index (χ2v) is 9.24. The molecule has 0 bridgehead atoms. The first kappa shape index (κ1) is 24.4. The summed E-state index contributed by atoms with van der Waals surface area (Å²) in [6.07, 6.45) is 4.18. The fourth-order valence-corrected chi connectivity index (χ4v) is 4.25. The number of hydrogen-bond acceptors (Lipinski definition) is 5. The molecule has 2 aromatic carbocycles. The Kier molecular flexibility index (Phi) is 8.47. The van der Waals surface area contributed by atoms with Gasteiger partial charge in [-0.2, -0.15) is 9.78 Å².